The number of aryl methyl sites for hydroxylation is 1. The molecule has 1 N–H and O–H groups in total. The van der Waals surface area contributed by atoms with Crippen LogP contribution in [0.1, 0.15) is 17.0 Å². The van der Waals surface area contributed by atoms with Crippen LogP contribution in [0.3, 0.4) is 0 Å². The molecule has 0 saturated heterocycles. The van der Waals surface area contributed by atoms with Gasteiger partial charge in [-0.15, -0.1) is 4.91 Å². The van der Waals surface area contributed by atoms with Crippen LogP contribution < -0.4 is 5.32 Å². The summed E-state index contributed by atoms with van der Waals surface area (Å²) in [5, 5.41) is 14.9. The van der Waals surface area contributed by atoms with Gasteiger partial charge in [0.1, 0.15) is 5.69 Å². The number of nitriles is 1. The lowest BCUT2D eigenvalue weighted by Crippen LogP contribution is -1.98. The Morgan fingerprint density at radius 3 is 3.07 bits per heavy atom. The molecule has 14 heavy (non-hydrogen) atoms. The lowest BCUT2D eigenvalue weighted by Gasteiger charge is -2.05. The molecule has 0 aliphatic carbocycles. The van der Waals surface area contributed by atoms with Gasteiger partial charge in [-0.2, -0.15) is 5.26 Å². The summed E-state index contributed by atoms with van der Waals surface area (Å²) in [6.07, 6.45) is 0. The smallest absolute Gasteiger partial charge is 0.131 e. The predicted octanol–water partition coefficient (Wildman–Crippen LogP) is 2.43. The van der Waals surface area contributed by atoms with Gasteiger partial charge in [-0.3, -0.25) is 0 Å². The van der Waals surface area contributed by atoms with E-state index in [4.69, 9.17) is 5.26 Å². The zero-order valence-corrected chi connectivity index (χ0v) is 7.74. The van der Waals surface area contributed by atoms with Crippen molar-refractivity contribution in [2.45, 2.75) is 12.8 Å². The number of nitroso groups, excluding NO2 is 1. The van der Waals surface area contributed by atoms with E-state index in [0.717, 1.165) is 16.8 Å². The minimum absolute atomic E-state index is 0.160. The summed E-state index contributed by atoms with van der Waals surface area (Å²) >= 11 is 0. The first-order valence-corrected chi connectivity index (χ1v) is 4.38. The maximum Gasteiger partial charge on any atom is 0.131 e. The van der Waals surface area contributed by atoms with Crippen LogP contribution >= 0.6 is 0 Å². The maximum absolute atomic E-state index is 10.5. The fourth-order valence-corrected chi connectivity index (χ4v) is 1.84. The minimum atomic E-state index is -0.160. The number of nitrogens with one attached hydrogen (secondary N) is 1. The molecule has 0 fully saturated rings. The summed E-state index contributed by atoms with van der Waals surface area (Å²) in [4.78, 5) is 10.5. The van der Waals surface area contributed by atoms with Crippen molar-refractivity contribution < 1.29 is 0 Å². The second-order valence-corrected chi connectivity index (χ2v) is 3.34. The zero-order chi connectivity index (χ0) is 10.1. The highest BCUT2D eigenvalue weighted by Crippen LogP contribution is 2.40. The van der Waals surface area contributed by atoms with Crippen molar-refractivity contribution in [2.24, 2.45) is 5.18 Å². The summed E-state index contributed by atoms with van der Waals surface area (Å²) < 4.78 is 0. The number of benzene rings is 1. The number of fused-ring (bicyclic) bond motifs is 1. The minimum Gasteiger partial charge on any atom is -0.381 e. The fourth-order valence-electron chi connectivity index (χ4n) is 1.84. The zero-order valence-electron chi connectivity index (χ0n) is 7.74. The van der Waals surface area contributed by atoms with Gasteiger partial charge >= 0.3 is 0 Å². The normalized spacial score (nSPS) is 18.1. The molecule has 0 amide bonds. The summed E-state index contributed by atoms with van der Waals surface area (Å²) in [5.41, 5.74) is 3.07. The van der Waals surface area contributed by atoms with Crippen molar-refractivity contribution in [1.29, 1.82) is 5.26 Å². The maximum atomic E-state index is 10.5. The van der Waals surface area contributed by atoms with E-state index in [-0.39, 0.29) is 5.92 Å². The first-order chi connectivity index (χ1) is 6.77. The molecule has 0 saturated carbocycles. The molecule has 70 valence electrons. The van der Waals surface area contributed by atoms with E-state index < -0.39 is 0 Å². The van der Waals surface area contributed by atoms with Crippen LogP contribution in [0.15, 0.2) is 17.3 Å². The SMILES string of the molecule is Cc1ccc(N=O)c2c1C(C#N)CN2. The van der Waals surface area contributed by atoms with Crippen molar-refractivity contribution in [1.82, 2.24) is 0 Å². The average molecular weight is 187 g/mol. The van der Waals surface area contributed by atoms with Crippen LogP contribution in [0.4, 0.5) is 11.4 Å². The molecular formula is C10H9N3O. The van der Waals surface area contributed by atoms with E-state index in [2.05, 4.69) is 16.6 Å². The Morgan fingerprint density at radius 2 is 2.43 bits per heavy atom. The molecule has 1 atom stereocenters. The Morgan fingerprint density at radius 1 is 1.64 bits per heavy atom. The second-order valence-electron chi connectivity index (χ2n) is 3.34. The van der Waals surface area contributed by atoms with Gasteiger partial charge in [0.25, 0.3) is 0 Å². The number of rotatable bonds is 1. The second kappa shape index (κ2) is 3.11. The Hall–Kier alpha value is -1.89. The molecule has 4 nitrogen and oxygen atoms in total. The molecule has 0 radical (unpaired) electrons. The average Bonchev–Trinajstić information content (AvgIpc) is 2.63. The molecule has 1 heterocycles. The molecule has 0 spiro atoms. The van der Waals surface area contributed by atoms with Crippen molar-refractivity contribution in [3.63, 3.8) is 0 Å². The lowest BCUT2D eigenvalue weighted by atomic mass is 9.97. The van der Waals surface area contributed by atoms with Gasteiger partial charge < -0.3 is 5.32 Å². The molecule has 1 unspecified atom stereocenters. The van der Waals surface area contributed by atoms with Crippen LogP contribution in [0.25, 0.3) is 0 Å². The quantitative estimate of drug-likeness (QED) is 0.686. The van der Waals surface area contributed by atoms with E-state index in [1.54, 1.807) is 6.07 Å². The molecule has 2 rings (SSSR count). The molecule has 1 aliphatic rings. The van der Waals surface area contributed by atoms with Crippen molar-refractivity contribution in [3.05, 3.63) is 28.2 Å². The molecular weight excluding hydrogens is 178 g/mol. The number of anilines is 1. The van der Waals surface area contributed by atoms with Crippen LogP contribution in [0.5, 0.6) is 0 Å². The highest BCUT2D eigenvalue weighted by Gasteiger charge is 2.26. The summed E-state index contributed by atoms with van der Waals surface area (Å²) in [6.45, 7) is 2.50. The first kappa shape index (κ1) is 8.70. The highest BCUT2D eigenvalue weighted by molar-refractivity contribution is 5.75. The van der Waals surface area contributed by atoms with Crippen molar-refractivity contribution >= 4 is 11.4 Å². The van der Waals surface area contributed by atoms with Gasteiger partial charge in [-0.25, -0.2) is 0 Å². The van der Waals surface area contributed by atoms with Crippen LogP contribution in [0.2, 0.25) is 0 Å². The molecule has 0 bridgehead atoms. The topological polar surface area (TPSA) is 65.2 Å². The molecule has 4 heteroatoms. The largest absolute Gasteiger partial charge is 0.381 e. The van der Waals surface area contributed by atoms with Gasteiger partial charge in [0.05, 0.1) is 17.7 Å². The standard InChI is InChI=1S/C10H9N3O/c1-6-2-3-8(13-14)10-9(6)7(4-11)5-12-10/h2-3,7,12H,5H2,1H3. The van der Waals surface area contributed by atoms with E-state index >= 15 is 0 Å². The first-order valence-electron chi connectivity index (χ1n) is 4.38. The highest BCUT2D eigenvalue weighted by atomic mass is 16.3. The Kier molecular flexibility index (Phi) is 1.93. The summed E-state index contributed by atoms with van der Waals surface area (Å²) in [5.74, 6) is -0.160. The van der Waals surface area contributed by atoms with E-state index in [9.17, 15) is 4.91 Å². The van der Waals surface area contributed by atoms with E-state index in [0.29, 0.717) is 12.2 Å². The van der Waals surface area contributed by atoms with Crippen molar-refractivity contribution in [3.8, 4) is 6.07 Å². The monoisotopic (exact) mass is 187 g/mol. The van der Waals surface area contributed by atoms with Crippen LogP contribution in [0, 0.1) is 23.2 Å². The molecule has 1 aliphatic heterocycles. The summed E-state index contributed by atoms with van der Waals surface area (Å²) in [7, 11) is 0. The van der Waals surface area contributed by atoms with Crippen LogP contribution in [-0.2, 0) is 0 Å². The van der Waals surface area contributed by atoms with Gasteiger partial charge in [-0.05, 0) is 29.3 Å². The fraction of sp³-hybridized carbons (Fsp3) is 0.300. The lowest BCUT2D eigenvalue weighted by molar-refractivity contribution is 0.953. The van der Waals surface area contributed by atoms with Gasteiger partial charge in [0.15, 0.2) is 0 Å². The molecule has 0 aromatic heterocycles. The van der Waals surface area contributed by atoms with E-state index in [1.807, 2.05) is 13.0 Å². The van der Waals surface area contributed by atoms with Gasteiger partial charge in [0, 0.05) is 6.54 Å². The van der Waals surface area contributed by atoms with Gasteiger partial charge in [0.2, 0.25) is 0 Å². The van der Waals surface area contributed by atoms with Crippen molar-refractivity contribution in [2.75, 3.05) is 11.9 Å². The third kappa shape index (κ3) is 1.06. The molecule has 1 aromatic rings. The summed E-state index contributed by atoms with van der Waals surface area (Å²) in [6, 6.07) is 5.71. The Balaban J connectivity index is 2.65. The Bertz CT molecular complexity index is 434. The predicted molar refractivity (Wildman–Crippen MR) is 53.5 cm³/mol. The third-order valence-corrected chi connectivity index (χ3v) is 2.53. The Labute approximate surface area is 81.5 Å². The van der Waals surface area contributed by atoms with Crippen LogP contribution in [-0.4, -0.2) is 6.54 Å². The third-order valence-electron chi connectivity index (χ3n) is 2.53. The van der Waals surface area contributed by atoms with Gasteiger partial charge in [-0.1, -0.05) is 6.07 Å². The van der Waals surface area contributed by atoms with E-state index in [1.165, 1.54) is 0 Å². The number of hydrogen-bond acceptors (Lipinski definition) is 4. The number of hydrogen-bond donors (Lipinski definition) is 1. The number of nitrogens with zero attached hydrogens (tertiary/aromatic N) is 2. The molecule has 1 aromatic carbocycles.